The molecule has 0 aliphatic rings. The van der Waals surface area contributed by atoms with E-state index in [9.17, 15) is 4.39 Å². The van der Waals surface area contributed by atoms with Crippen molar-refractivity contribution in [1.82, 2.24) is 20.4 Å². The SMILES string of the molecule is CNCc1nc(-c2ccc(F)cn2)no1. The first kappa shape index (κ1) is 9.72. The fourth-order valence-corrected chi connectivity index (χ4v) is 1.09. The summed E-state index contributed by atoms with van der Waals surface area (Å²) in [5.74, 6) is 0.441. The normalized spacial score (nSPS) is 10.5. The van der Waals surface area contributed by atoms with E-state index in [1.165, 1.54) is 12.1 Å². The molecular weight excluding hydrogens is 199 g/mol. The Morgan fingerprint density at radius 3 is 3.00 bits per heavy atom. The van der Waals surface area contributed by atoms with Gasteiger partial charge in [-0.15, -0.1) is 0 Å². The molecule has 0 bridgehead atoms. The highest BCUT2D eigenvalue weighted by atomic mass is 19.1. The van der Waals surface area contributed by atoms with Crippen LogP contribution in [-0.2, 0) is 6.54 Å². The van der Waals surface area contributed by atoms with Crippen molar-refractivity contribution in [3.63, 3.8) is 0 Å². The molecule has 0 spiro atoms. The lowest BCUT2D eigenvalue weighted by Crippen LogP contribution is -2.04. The summed E-state index contributed by atoms with van der Waals surface area (Å²) in [5, 5.41) is 6.60. The zero-order valence-corrected chi connectivity index (χ0v) is 8.07. The molecule has 0 atom stereocenters. The van der Waals surface area contributed by atoms with Crippen LogP contribution in [0.5, 0.6) is 0 Å². The van der Waals surface area contributed by atoms with Gasteiger partial charge in [0.25, 0.3) is 0 Å². The van der Waals surface area contributed by atoms with Gasteiger partial charge in [-0.1, -0.05) is 5.16 Å². The first-order chi connectivity index (χ1) is 7.29. The van der Waals surface area contributed by atoms with Crippen molar-refractivity contribution in [3.8, 4) is 11.5 Å². The van der Waals surface area contributed by atoms with E-state index in [2.05, 4.69) is 20.4 Å². The second-order valence-corrected chi connectivity index (χ2v) is 2.90. The summed E-state index contributed by atoms with van der Waals surface area (Å²) in [6.45, 7) is 0.494. The number of rotatable bonds is 3. The summed E-state index contributed by atoms with van der Waals surface area (Å²) >= 11 is 0. The predicted molar refractivity (Wildman–Crippen MR) is 50.3 cm³/mol. The van der Waals surface area contributed by atoms with E-state index in [1.807, 2.05) is 0 Å². The van der Waals surface area contributed by atoms with Crippen LogP contribution >= 0.6 is 0 Å². The summed E-state index contributed by atoms with van der Waals surface area (Å²) in [7, 11) is 1.78. The number of aromatic nitrogens is 3. The van der Waals surface area contributed by atoms with Gasteiger partial charge in [0.1, 0.15) is 11.5 Å². The minimum absolute atomic E-state index is 0.361. The fourth-order valence-electron chi connectivity index (χ4n) is 1.09. The number of hydrogen-bond donors (Lipinski definition) is 1. The summed E-state index contributed by atoms with van der Waals surface area (Å²) in [5.41, 5.74) is 0.488. The molecule has 2 heterocycles. The van der Waals surface area contributed by atoms with Gasteiger partial charge in [0.05, 0.1) is 12.7 Å². The highest BCUT2D eigenvalue weighted by Gasteiger charge is 2.08. The molecule has 1 N–H and O–H groups in total. The molecule has 0 fully saturated rings. The van der Waals surface area contributed by atoms with Crippen molar-refractivity contribution >= 4 is 0 Å². The molecule has 6 heteroatoms. The highest BCUT2D eigenvalue weighted by molar-refractivity contribution is 5.47. The maximum atomic E-state index is 12.6. The summed E-state index contributed by atoms with van der Waals surface area (Å²) in [4.78, 5) is 7.92. The minimum atomic E-state index is -0.391. The smallest absolute Gasteiger partial charge is 0.240 e. The molecule has 2 rings (SSSR count). The van der Waals surface area contributed by atoms with Crippen molar-refractivity contribution < 1.29 is 8.91 Å². The molecular formula is C9H9FN4O. The van der Waals surface area contributed by atoms with E-state index in [4.69, 9.17) is 4.52 Å². The van der Waals surface area contributed by atoms with Crippen LogP contribution in [0.25, 0.3) is 11.5 Å². The van der Waals surface area contributed by atoms with Gasteiger partial charge in [-0.3, -0.25) is 0 Å². The Morgan fingerprint density at radius 1 is 1.47 bits per heavy atom. The quantitative estimate of drug-likeness (QED) is 0.814. The standard InChI is InChI=1S/C9H9FN4O/c1-11-5-8-13-9(14-15-8)7-3-2-6(10)4-12-7/h2-4,11H,5H2,1H3. The molecule has 0 unspecified atom stereocenters. The van der Waals surface area contributed by atoms with Crippen molar-refractivity contribution in [2.24, 2.45) is 0 Å². The van der Waals surface area contributed by atoms with E-state index in [0.717, 1.165) is 6.20 Å². The zero-order chi connectivity index (χ0) is 10.7. The molecule has 0 aromatic carbocycles. The molecule has 0 amide bonds. The van der Waals surface area contributed by atoms with Crippen molar-refractivity contribution in [2.75, 3.05) is 7.05 Å². The summed E-state index contributed by atoms with van der Waals surface area (Å²) in [6, 6.07) is 2.81. The number of halogens is 1. The third-order valence-electron chi connectivity index (χ3n) is 1.75. The lowest BCUT2D eigenvalue weighted by atomic mass is 10.3. The molecule has 0 radical (unpaired) electrons. The maximum Gasteiger partial charge on any atom is 0.240 e. The number of hydrogen-bond acceptors (Lipinski definition) is 5. The van der Waals surface area contributed by atoms with E-state index in [1.54, 1.807) is 7.05 Å². The van der Waals surface area contributed by atoms with Crippen LogP contribution in [0.2, 0.25) is 0 Å². The van der Waals surface area contributed by atoms with Crippen LogP contribution in [-0.4, -0.2) is 22.2 Å². The van der Waals surface area contributed by atoms with Crippen molar-refractivity contribution in [1.29, 1.82) is 0 Å². The molecule has 0 aliphatic carbocycles. The van der Waals surface area contributed by atoms with Crippen LogP contribution in [0.1, 0.15) is 5.89 Å². The number of nitrogens with zero attached hydrogens (tertiary/aromatic N) is 3. The van der Waals surface area contributed by atoms with Crippen LogP contribution in [0.3, 0.4) is 0 Å². The van der Waals surface area contributed by atoms with E-state index in [-0.39, 0.29) is 0 Å². The molecule has 15 heavy (non-hydrogen) atoms. The highest BCUT2D eigenvalue weighted by Crippen LogP contribution is 2.12. The Morgan fingerprint density at radius 2 is 2.33 bits per heavy atom. The predicted octanol–water partition coefficient (Wildman–Crippen LogP) is 0.990. The van der Waals surface area contributed by atoms with E-state index < -0.39 is 5.82 Å². The minimum Gasteiger partial charge on any atom is -0.337 e. The second-order valence-electron chi connectivity index (χ2n) is 2.90. The average Bonchev–Trinajstić information content (AvgIpc) is 2.68. The van der Waals surface area contributed by atoms with Gasteiger partial charge >= 0.3 is 0 Å². The molecule has 0 saturated carbocycles. The van der Waals surface area contributed by atoms with Crippen LogP contribution in [0.4, 0.5) is 4.39 Å². The topological polar surface area (TPSA) is 63.8 Å². The van der Waals surface area contributed by atoms with Gasteiger partial charge in [-0.2, -0.15) is 4.98 Å². The third-order valence-corrected chi connectivity index (χ3v) is 1.75. The third kappa shape index (κ3) is 2.16. The number of nitrogens with one attached hydrogen (secondary N) is 1. The van der Waals surface area contributed by atoms with Gasteiger partial charge < -0.3 is 9.84 Å². The molecule has 2 aromatic heterocycles. The Balaban J connectivity index is 2.25. The van der Waals surface area contributed by atoms with Crippen molar-refractivity contribution in [3.05, 3.63) is 30.0 Å². The maximum absolute atomic E-state index is 12.6. The van der Waals surface area contributed by atoms with E-state index in [0.29, 0.717) is 24.0 Å². The second kappa shape index (κ2) is 4.14. The van der Waals surface area contributed by atoms with Crippen LogP contribution < -0.4 is 5.32 Å². The van der Waals surface area contributed by atoms with Crippen molar-refractivity contribution in [2.45, 2.75) is 6.54 Å². The average molecular weight is 208 g/mol. The lowest BCUT2D eigenvalue weighted by molar-refractivity contribution is 0.372. The summed E-state index contributed by atoms with van der Waals surface area (Å²) in [6.07, 6.45) is 1.11. The Bertz CT molecular complexity index is 440. The van der Waals surface area contributed by atoms with Crippen LogP contribution in [0, 0.1) is 5.82 Å². The fraction of sp³-hybridized carbons (Fsp3) is 0.222. The number of pyridine rings is 1. The van der Waals surface area contributed by atoms with Gasteiger partial charge in [0.15, 0.2) is 0 Å². The first-order valence-corrected chi connectivity index (χ1v) is 4.38. The van der Waals surface area contributed by atoms with Gasteiger partial charge in [0.2, 0.25) is 11.7 Å². The first-order valence-electron chi connectivity index (χ1n) is 4.38. The van der Waals surface area contributed by atoms with Gasteiger partial charge in [0, 0.05) is 0 Å². The Kier molecular flexibility index (Phi) is 2.68. The monoisotopic (exact) mass is 208 g/mol. The molecule has 5 nitrogen and oxygen atoms in total. The molecule has 78 valence electrons. The lowest BCUT2D eigenvalue weighted by Gasteiger charge is -1.91. The summed E-state index contributed by atoms with van der Waals surface area (Å²) < 4.78 is 17.5. The molecule has 0 saturated heterocycles. The largest absolute Gasteiger partial charge is 0.337 e. The molecule has 2 aromatic rings. The van der Waals surface area contributed by atoms with Gasteiger partial charge in [-0.05, 0) is 19.2 Å². The zero-order valence-electron chi connectivity index (χ0n) is 8.07. The Labute approximate surface area is 85.3 Å². The van der Waals surface area contributed by atoms with Gasteiger partial charge in [-0.25, -0.2) is 9.37 Å². The Hall–Kier alpha value is -1.82. The van der Waals surface area contributed by atoms with E-state index >= 15 is 0 Å². The molecule has 0 aliphatic heterocycles. The van der Waals surface area contributed by atoms with Crippen LogP contribution in [0.15, 0.2) is 22.9 Å².